The highest BCUT2D eigenvalue weighted by Crippen LogP contribution is 2.23. The fourth-order valence-electron chi connectivity index (χ4n) is 1.92. The molecular formula is C17H15Cl2NO. The number of anilines is 1. The molecule has 2 nitrogen and oxygen atoms in total. The molecule has 0 saturated heterocycles. The first-order chi connectivity index (χ1) is 9.95. The van der Waals surface area contributed by atoms with Crippen molar-refractivity contribution in [1.82, 2.24) is 0 Å². The monoisotopic (exact) mass is 319 g/mol. The maximum atomic E-state index is 11.9. The predicted molar refractivity (Wildman–Crippen MR) is 90.0 cm³/mol. The summed E-state index contributed by atoms with van der Waals surface area (Å²) in [4.78, 5) is 11.9. The number of benzene rings is 2. The van der Waals surface area contributed by atoms with Crippen molar-refractivity contribution < 1.29 is 4.79 Å². The highest BCUT2D eigenvalue weighted by molar-refractivity contribution is 6.42. The van der Waals surface area contributed by atoms with Crippen LogP contribution in [-0.4, -0.2) is 5.91 Å². The Balaban J connectivity index is 2.07. The number of carbonyl (C=O) groups is 1. The zero-order valence-electron chi connectivity index (χ0n) is 11.8. The van der Waals surface area contributed by atoms with Gasteiger partial charge in [0.05, 0.1) is 10.0 Å². The van der Waals surface area contributed by atoms with Crippen LogP contribution in [0.2, 0.25) is 10.0 Å². The van der Waals surface area contributed by atoms with Gasteiger partial charge in [-0.1, -0.05) is 47.0 Å². The molecule has 0 radical (unpaired) electrons. The standard InChI is InChI=1S/C17H15Cl2NO/c1-11-3-7-16(12(2)9-11)20-17(21)8-5-13-4-6-14(18)15(19)10-13/h3-10H,1-2H3,(H,20,21)/b8-5+. The second-order valence-electron chi connectivity index (χ2n) is 4.81. The summed E-state index contributed by atoms with van der Waals surface area (Å²) in [6.45, 7) is 3.98. The van der Waals surface area contributed by atoms with E-state index >= 15 is 0 Å². The Labute approximate surface area is 134 Å². The molecule has 0 fully saturated rings. The van der Waals surface area contributed by atoms with E-state index in [1.54, 1.807) is 24.3 Å². The molecule has 4 heteroatoms. The minimum Gasteiger partial charge on any atom is -0.322 e. The summed E-state index contributed by atoms with van der Waals surface area (Å²) >= 11 is 11.8. The topological polar surface area (TPSA) is 29.1 Å². The van der Waals surface area contributed by atoms with Crippen LogP contribution in [-0.2, 0) is 4.79 Å². The molecule has 2 rings (SSSR count). The Morgan fingerprint density at radius 3 is 2.48 bits per heavy atom. The molecule has 0 aromatic heterocycles. The van der Waals surface area contributed by atoms with Crippen molar-refractivity contribution in [2.24, 2.45) is 0 Å². The largest absolute Gasteiger partial charge is 0.322 e. The molecule has 0 heterocycles. The first-order valence-corrected chi connectivity index (χ1v) is 7.22. The zero-order chi connectivity index (χ0) is 15.4. The average molecular weight is 320 g/mol. The molecule has 0 saturated carbocycles. The summed E-state index contributed by atoms with van der Waals surface area (Å²) < 4.78 is 0. The van der Waals surface area contributed by atoms with Crippen molar-refractivity contribution in [1.29, 1.82) is 0 Å². The van der Waals surface area contributed by atoms with E-state index in [0.29, 0.717) is 10.0 Å². The highest BCUT2D eigenvalue weighted by Gasteiger charge is 2.02. The van der Waals surface area contributed by atoms with Gasteiger partial charge in [-0.05, 0) is 49.2 Å². The van der Waals surface area contributed by atoms with Crippen LogP contribution in [0.15, 0.2) is 42.5 Å². The Hall–Kier alpha value is -1.77. The first-order valence-electron chi connectivity index (χ1n) is 6.47. The van der Waals surface area contributed by atoms with E-state index in [1.165, 1.54) is 6.08 Å². The molecule has 0 aliphatic heterocycles. The van der Waals surface area contributed by atoms with Gasteiger partial charge in [-0.2, -0.15) is 0 Å². The Kier molecular flexibility index (Phi) is 5.05. The van der Waals surface area contributed by atoms with Gasteiger partial charge in [0.15, 0.2) is 0 Å². The lowest BCUT2D eigenvalue weighted by Crippen LogP contribution is -2.08. The summed E-state index contributed by atoms with van der Waals surface area (Å²) in [6, 6.07) is 11.1. The third kappa shape index (κ3) is 4.35. The number of nitrogens with one attached hydrogen (secondary N) is 1. The van der Waals surface area contributed by atoms with Crippen molar-refractivity contribution in [2.45, 2.75) is 13.8 Å². The fraction of sp³-hybridized carbons (Fsp3) is 0.118. The van der Waals surface area contributed by atoms with E-state index in [2.05, 4.69) is 5.32 Å². The SMILES string of the molecule is Cc1ccc(NC(=O)/C=C/c2ccc(Cl)c(Cl)c2)c(C)c1. The number of rotatable bonds is 3. The third-order valence-corrected chi connectivity index (χ3v) is 3.75. The lowest BCUT2D eigenvalue weighted by atomic mass is 10.1. The van der Waals surface area contributed by atoms with Gasteiger partial charge in [-0.25, -0.2) is 0 Å². The van der Waals surface area contributed by atoms with Gasteiger partial charge in [-0.3, -0.25) is 4.79 Å². The number of amides is 1. The molecule has 2 aromatic carbocycles. The van der Waals surface area contributed by atoms with Crippen LogP contribution < -0.4 is 5.32 Å². The summed E-state index contributed by atoms with van der Waals surface area (Å²) in [7, 11) is 0. The zero-order valence-corrected chi connectivity index (χ0v) is 13.3. The highest BCUT2D eigenvalue weighted by atomic mass is 35.5. The fourth-order valence-corrected chi connectivity index (χ4v) is 2.22. The molecule has 0 unspecified atom stereocenters. The lowest BCUT2D eigenvalue weighted by Gasteiger charge is -2.07. The van der Waals surface area contributed by atoms with Gasteiger partial charge >= 0.3 is 0 Å². The normalized spacial score (nSPS) is 10.9. The van der Waals surface area contributed by atoms with Crippen LogP contribution in [0.4, 0.5) is 5.69 Å². The molecular weight excluding hydrogens is 305 g/mol. The number of aryl methyl sites for hydroxylation is 2. The number of halogens is 2. The first kappa shape index (κ1) is 15.6. The van der Waals surface area contributed by atoms with Crippen LogP contribution in [0.3, 0.4) is 0 Å². The second-order valence-corrected chi connectivity index (χ2v) is 5.63. The van der Waals surface area contributed by atoms with E-state index in [1.807, 2.05) is 32.0 Å². The second kappa shape index (κ2) is 6.79. The minimum atomic E-state index is -0.187. The van der Waals surface area contributed by atoms with Gasteiger partial charge in [0.1, 0.15) is 0 Å². The van der Waals surface area contributed by atoms with Gasteiger partial charge < -0.3 is 5.32 Å². The van der Waals surface area contributed by atoms with Crippen molar-refractivity contribution in [3.05, 3.63) is 69.2 Å². The van der Waals surface area contributed by atoms with Gasteiger partial charge in [0.2, 0.25) is 5.91 Å². The molecule has 21 heavy (non-hydrogen) atoms. The summed E-state index contributed by atoms with van der Waals surface area (Å²) in [5.74, 6) is -0.187. The van der Waals surface area contributed by atoms with Crippen molar-refractivity contribution >= 4 is 40.9 Å². The molecule has 0 spiro atoms. The maximum absolute atomic E-state index is 11.9. The van der Waals surface area contributed by atoms with Gasteiger partial charge in [-0.15, -0.1) is 0 Å². The smallest absolute Gasteiger partial charge is 0.248 e. The van der Waals surface area contributed by atoms with Crippen LogP contribution in [0, 0.1) is 13.8 Å². The Morgan fingerprint density at radius 2 is 1.81 bits per heavy atom. The molecule has 0 aliphatic rings. The van der Waals surface area contributed by atoms with Crippen molar-refractivity contribution in [3.8, 4) is 0 Å². The third-order valence-electron chi connectivity index (χ3n) is 3.01. The van der Waals surface area contributed by atoms with E-state index in [4.69, 9.17) is 23.2 Å². The molecule has 0 atom stereocenters. The van der Waals surface area contributed by atoms with Gasteiger partial charge in [0.25, 0.3) is 0 Å². The summed E-state index contributed by atoms with van der Waals surface area (Å²) in [5.41, 5.74) is 3.83. The maximum Gasteiger partial charge on any atom is 0.248 e. The van der Waals surface area contributed by atoms with E-state index in [0.717, 1.165) is 22.4 Å². The van der Waals surface area contributed by atoms with E-state index in [9.17, 15) is 4.79 Å². The molecule has 1 amide bonds. The number of hydrogen-bond donors (Lipinski definition) is 1. The Morgan fingerprint density at radius 1 is 1.05 bits per heavy atom. The van der Waals surface area contributed by atoms with Crippen molar-refractivity contribution in [3.63, 3.8) is 0 Å². The minimum absolute atomic E-state index is 0.187. The Bertz CT molecular complexity index is 708. The van der Waals surface area contributed by atoms with E-state index in [-0.39, 0.29) is 5.91 Å². The van der Waals surface area contributed by atoms with Crippen LogP contribution >= 0.6 is 23.2 Å². The van der Waals surface area contributed by atoms with Crippen molar-refractivity contribution in [2.75, 3.05) is 5.32 Å². The van der Waals surface area contributed by atoms with Crippen LogP contribution in [0.25, 0.3) is 6.08 Å². The van der Waals surface area contributed by atoms with E-state index < -0.39 is 0 Å². The molecule has 1 N–H and O–H groups in total. The van der Waals surface area contributed by atoms with Crippen LogP contribution in [0.1, 0.15) is 16.7 Å². The number of hydrogen-bond acceptors (Lipinski definition) is 1. The lowest BCUT2D eigenvalue weighted by molar-refractivity contribution is -0.111. The summed E-state index contributed by atoms with van der Waals surface area (Å²) in [5, 5.41) is 3.81. The van der Waals surface area contributed by atoms with Crippen LogP contribution in [0.5, 0.6) is 0 Å². The molecule has 2 aromatic rings. The average Bonchev–Trinajstić information content (AvgIpc) is 2.43. The molecule has 0 aliphatic carbocycles. The molecule has 0 bridgehead atoms. The van der Waals surface area contributed by atoms with Gasteiger partial charge in [0, 0.05) is 11.8 Å². The predicted octanol–water partition coefficient (Wildman–Crippen LogP) is 5.26. The summed E-state index contributed by atoms with van der Waals surface area (Å²) in [6.07, 6.45) is 3.17. The number of carbonyl (C=O) groups excluding carboxylic acids is 1. The molecule has 108 valence electrons. The quantitative estimate of drug-likeness (QED) is 0.768.